The van der Waals surface area contributed by atoms with Crippen LogP contribution in [0, 0.1) is 0 Å². The van der Waals surface area contributed by atoms with E-state index in [2.05, 4.69) is 0 Å². The van der Waals surface area contributed by atoms with Crippen LogP contribution in [0.1, 0.15) is 53.9 Å². The van der Waals surface area contributed by atoms with Crippen molar-refractivity contribution in [2.24, 2.45) is 0 Å². The van der Waals surface area contributed by atoms with Crippen LogP contribution in [-0.4, -0.2) is 30.9 Å². The quantitative estimate of drug-likeness (QED) is 0.416. The Labute approximate surface area is 111 Å². The second-order valence-corrected chi connectivity index (χ2v) is 5.74. The van der Waals surface area contributed by atoms with Crippen molar-refractivity contribution < 1.29 is 18.8 Å². The van der Waals surface area contributed by atoms with E-state index in [1.54, 1.807) is 0 Å². The first-order chi connectivity index (χ1) is 8.28. The van der Waals surface area contributed by atoms with E-state index < -0.39 is 0 Å². The van der Waals surface area contributed by atoms with Gasteiger partial charge in [-0.1, -0.05) is 6.42 Å². The van der Waals surface area contributed by atoms with Crippen LogP contribution >= 0.6 is 0 Å². The monoisotopic (exact) mass is 256 g/mol. The molecule has 0 spiro atoms. The number of rotatable bonds is 6. The van der Waals surface area contributed by atoms with E-state index in [0.29, 0.717) is 13.0 Å². The van der Waals surface area contributed by atoms with Gasteiger partial charge in [0.05, 0.1) is 17.8 Å². The first kappa shape index (κ1) is 15.5. The van der Waals surface area contributed by atoms with Gasteiger partial charge in [-0.2, -0.15) is 0 Å². The van der Waals surface area contributed by atoms with Gasteiger partial charge in [0.25, 0.3) is 0 Å². The largest absolute Gasteiger partial charge is 0.466 e. The van der Waals surface area contributed by atoms with Gasteiger partial charge >= 0.3 is 13.1 Å². The fourth-order valence-electron chi connectivity index (χ4n) is 1.90. The van der Waals surface area contributed by atoms with Gasteiger partial charge in [-0.25, -0.2) is 0 Å². The molecule has 1 rings (SSSR count). The maximum absolute atomic E-state index is 11.2. The predicted molar refractivity (Wildman–Crippen MR) is 71.4 cm³/mol. The van der Waals surface area contributed by atoms with Crippen molar-refractivity contribution in [1.82, 2.24) is 0 Å². The van der Waals surface area contributed by atoms with Crippen LogP contribution in [0.15, 0.2) is 0 Å². The molecular formula is C13H25BO4. The molecule has 0 aromatic heterocycles. The second kappa shape index (κ2) is 6.07. The molecule has 0 aromatic rings. The molecule has 1 aliphatic heterocycles. The van der Waals surface area contributed by atoms with Gasteiger partial charge < -0.3 is 14.0 Å². The second-order valence-electron chi connectivity index (χ2n) is 5.74. The molecule has 0 bridgehead atoms. The van der Waals surface area contributed by atoms with E-state index in [4.69, 9.17) is 14.0 Å². The average molecular weight is 256 g/mol. The molecule has 0 atom stereocenters. The summed E-state index contributed by atoms with van der Waals surface area (Å²) in [4.78, 5) is 11.2. The number of ether oxygens (including phenoxy) is 1. The lowest BCUT2D eigenvalue weighted by atomic mass is 9.82. The Hall–Kier alpha value is -0.545. The van der Waals surface area contributed by atoms with Crippen molar-refractivity contribution in [3.05, 3.63) is 0 Å². The summed E-state index contributed by atoms with van der Waals surface area (Å²) in [6, 6.07) is 0. The van der Waals surface area contributed by atoms with Crippen LogP contribution in [0.25, 0.3) is 0 Å². The molecule has 0 saturated carbocycles. The third-order valence-corrected chi connectivity index (χ3v) is 3.68. The fourth-order valence-corrected chi connectivity index (χ4v) is 1.90. The summed E-state index contributed by atoms with van der Waals surface area (Å²) < 4.78 is 16.6. The molecule has 0 aromatic carbocycles. The minimum atomic E-state index is -0.265. The Bertz CT molecular complexity index is 273. The third kappa shape index (κ3) is 3.99. The highest BCUT2D eigenvalue weighted by atomic mass is 16.7. The third-order valence-electron chi connectivity index (χ3n) is 3.68. The molecule has 1 aliphatic rings. The molecule has 0 radical (unpaired) electrons. The first-order valence-electron chi connectivity index (χ1n) is 6.80. The van der Waals surface area contributed by atoms with Gasteiger partial charge in [-0.15, -0.1) is 0 Å². The standard InChI is InChI=1S/C13H25BO4/c1-6-16-11(15)9-7-8-10-14-17-12(2,3)13(4,5)18-14/h6-10H2,1-5H3. The highest BCUT2D eigenvalue weighted by Gasteiger charge is 2.50. The van der Waals surface area contributed by atoms with E-state index in [-0.39, 0.29) is 24.3 Å². The molecule has 0 unspecified atom stereocenters. The van der Waals surface area contributed by atoms with Crippen LogP contribution < -0.4 is 0 Å². The van der Waals surface area contributed by atoms with Crippen molar-refractivity contribution in [3.8, 4) is 0 Å². The first-order valence-corrected chi connectivity index (χ1v) is 6.80. The number of hydrogen-bond acceptors (Lipinski definition) is 4. The van der Waals surface area contributed by atoms with Crippen LogP contribution in [0.5, 0.6) is 0 Å². The number of esters is 1. The normalized spacial score (nSPS) is 21.1. The maximum atomic E-state index is 11.2. The Morgan fingerprint density at radius 2 is 1.67 bits per heavy atom. The van der Waals surface area contributed by atoms with E-state index in [0.717, 1.165) is 19.2 Å². The molecule has 0 amide bonds. The van der Waals surface area contributed by atoms with Gasteiger partial charge in [-0.3, -0.25) is 4.79 Å². The SMILES string of the molecule is CCOC(=O)CCCCB1OC(C)(C)C(C)(C)O1. The summed E-state index contributed by atoms with van der Waals surface area (Å²) in [7, 11) is -0.155. The lowest BCUT2D eigenvalue weighted by Gasteiger charge is -2.32. The average Bonchev–Trinajstić information content (AvgIpc) is 2.43. The smallest absolute Gasteiger partial charge is 0.457 e. The molecule has 4 nitrogen and oxygen atoms in total. The topological polar surface area (TPSA) is 44.8 Å². The van der Waals surface area contributed by atoms with Gasteiger partial charge in [0, 0.05) is 6.42 Å². The highest BCUT2D eigenvalue weighted by Crippen LogP contribution is 2.38. The van der Waals surface area contributed by atoms with Crippen molar-refractivity contribution in [3.63, 3.8) is 0 Å². The lowest BCUT2D eigenvalue weighted by molar-refractivity contribution is -0.143. The van der Waals surface area contributed by atoms with Gasteiger partial charge in [0.15, 0.2) is 0 Å². The minimum Gasteiger partial charge on any atom is -0.466 e. The molecule has 1 heterocycles. The molecule has 5 heteroatoms. The lowest BCUT2D eigenvalue weighted by Crippen LogP contribution is -2.41. The molecule has 104 valence electrons. The Morgan fingerprint density at radius 3 is 2.17 bits per heavy atom. The van der Waals surface area contributed by atoms with Crippen molar-refractivity contribution in [1.29, 1.82) is 0 Å². The van der Waals surface area contributed by atoms with Crippen LogP contribution in [0.2, 0.25) is 6.32 Å². The van der Waals surface area contributed by atoms with E-state index >= 15 is 0 Å². The predicted octanol–water partition coefficient (Wildman–Crippen LogP) is 2.81. The summed E-state index contributed by atoms with van der Waals surface area (Å²) in [5, 5.41) is 0. The summed E-state index contributed by atoms with van der Waals surface area (Å²) in [5.41, 5.74) is -0.530. The summed E-state index contributed by atoms with van der Waals surface area (Å²) in [6.45, 7) is 10.5. The summed E-state index contributed by atoms with van der Waals surface area (Å²) >= 11 is 0. The Kier molecular flexibility index (Phi) is 5.23. The van der Waals surface area contributed by atoms with E-state index in [9.17, 15) is 4.79 Å². The molecule has 0 N–H and O–H groups in total. The molecule has 1 fully saturated rings. The Balaban J connectivity index is 2.21. The van der Waals surface area contributed by atoms with Crippen LogP contribution in [-0.2, 0) is 18.8 Å². The Morgan fingerprint density at radius 1 is 1.11 bits per heavy atom. The molecule has 0 aliphatic carbocycles. The van der Waals surface area contributed by atoms with Crippen molar-refractivity contribution in [2.45, 2.75) is 71.4 Å². The zero-order chi connectivity index (χ0) is 13.8. The molecule has 18 heavy (non-hydrogen) atoms. The fraction of sp³-hybridized carbons (Fsp3) is 0.923. The minimum absolute atomic E-state index is 0.119. The van der Waals surface area contributed by atoms with Gasteiger partial charge in [-0.05, 0) is 47.4 Å². The number of unbranched alkanes of at least 4 members (excludes halogenated alkanes) is 1. The van der Waals surface area contributed by atoms with E-state index in [1.165, 1.54) is 0 Å². The molecular weight excluding hydrogens is 231 g/mol. The van der Waals surface area contributed by atoms with Crippen molar-refractivity contribution in [2.75, 3.05) is 6.61 Å². The molecule has 1 saturated heterocycles. The number of carbonyl (C=O) groups is 1. The zero-order valence-corrected chi connectivity index (χ0v) is 12.2. The zero-order valence-electron chi connectivity index (χ0n) is 12.2. The van der Waals surface area contributed by atoms with Gasteiger partial charge in [0.2, 0.25) is 0 Å². The summed E-state index contributed by atoms with van der Waals surface area (Å²) in [5.74, 6) is -0.119. The van der Waals surface area contributed by atoms with Crippen molar-refractivity contribution >= 4 is 13.1 Å². The highest BCUT2D eigenvalue weighted by molar-refractivity contribution is 6.45. The van der Waals surface area contributed by atoms with Gasteiger partial charge in [0.1, 0.15) is 0 Å². The maximum Gasteiger partial charge on any atom is 0.457 e. The van der Waals surface area contributed by atoms with E-state index in [1.807, 2.05) is 34.6 Å². The van der Waals surface area contributed by atoms with Crippen LogP contribution in [0.4, 0.5) is 0 Å². The summed E-state index contributed by atoms with van der Waals surface area (Å²) in [6.07, 6.45) is 3.04. The number of carbonyl (C=O) groups excluding carboxylic acids is 1. The van der Waals surface area contributed by atoms with Crippen LogP contribution in [0.3, 0.4) is 0 Å². The number of hydrogen-bond donors (Lipinski definition) is 0.